The summed E-state index contributed by atoms with van der Waals surface area (Å²) >= 11 is 0. The van der Waals surface area contributed by atoms with E-state index in [2.05, 4.69) is 0 Å². The molecular formula is C13H19N3O4S. The van der Waals surface area contributed by atoms with Crippen molar-refractivity contribution in [2.75, 3.05) is 32.4 Å². The zero-order valence-corrected chi connectivity index (χ0v) is 12.8. The molecule has 0 aromatic heterocycles. The van der Waals surface area contributed by atoms with Crippen molar-refractivity contribution in [3.63, 3.8) is 0 Å². The highest BCUT2D eigenvalue weighted by Gasteiger charge is 2.35. The van der Waals surface area contributed by atoms with Gasteiger partial charge in [-0.1, -0.05) is 0 Å². The average molecular weight is 313 g/mol. The molecule has 1 aromatic carbocycles. The van der Waals surface area contributed by atoms with Gasteiger partial charge in [0.15, 0.2) is 0 Å². The van der Waals surface area contributed by atoms with Gasteiger partial charge in [-0.25, -0.2) is 13.2 Å². The SMILES string of the molecule is CC1CN(C)CCN1S(=O)(=O)c1cc(N)ccc1C(=O)O. The van der Waals surface area contributed by atoms with Crippen LogP contribution in [0, 0.1) is 0 Å². The molecule has 0 amide bonds. The molecule has 2 rings (SSSR count). The molecule has 0 spiro atoms. The van der Waals surface area contributed by atoms with Gasteiger partial charge in [0.25, 0.3) is 0 Å². The second-order valence-corrected chi connectivity index (χ2v) is 7.15. The number of hydrogen-bond donors (Lipinski definition) is 2. The van der Waals surface area contributed by atoms with Crippen LogP contribution in [0.25, 0.3) is 0 Å². The predicted octanol–water partition coefficient (Wildman–Crippen LogP) is 0.292. The minimum absolute atomic E-state index is 0.223. The molecule has 1 unspecified atom stereocenters. The van der Waals surface area contributed by atoms with E-state index in [9.17, 15) is 18.3 Å². The molecule has 1 fully saturated rings. The van der Waals surface area contributed by atoms with E-state index >= 15 is 0 Å². The predicted molar refractivity (Wildman–Crippen MR) is 78.7 cm³/mol. The molecule has 1 saturated heterocycles. The van der Waals surface area contributed by atoms with Gasteiger partial charge in [0.05, 0.1) is 10.5 Å². The number of nitrogen functional groups attached to an aromatic ring is 1. The number of likely N-dealkylation sites (N-methyl/N-ethyl adjacent to an activating group) is 1. The highest BCUT2D eigenvalue weighted by molar-refractivity contribution is 7.89. The van der Waals surface area contributed by atoms with Gasteiger partial charge in [-0.2, -0.15) is 4.31 Å². The number of aromatic carboxylic acids is 1. The van der Waals surface area contributed by atoms with Crippen LogP contribution in [0.2, 0.25) is 0 Å². The lowest BCUT2D eigenvalue weighted by Gasteiger charge is -2.37. The van der Waals surface area contributed by atoms with E-state index in [0.717, 1.165) is 0 Å². The van der Waals surface area contributed by atoms with Crippen molar-refractivity contribution in [1.29, 1.82) is 0 Å². The number of carboxylic acid groups (broad SMARTS) is 1. The first kappa shape index (κ1) is 15.7. The third-order valence-electron chi connectivity index (χ3n) is 3.59. The number of rotatable bonds is 3. The van der Waals surface area contributed by atoms with Gasteiger partial charge in [-0.3, -0.25) is 0 Å². The van der Waals surface area contributed by atoms with Gasteiger partial charge >= 0.3 is 5.97 Å². The van der Waals surface area contributed by atoms with E-state index < -0.39 is 16.0 Å². The fourth-order valence-electron chi connectivity index (χ4n) is 2.54. The first-order chi connectivity index (χ1) is 9.73. The maximum atomic E-state index is 12.8. The summed E-state index contributed by atoms with van der Waals surface area (Å²) < 4.78 is 26.9. The van der Waals surface area contributed by atoms with Crippen molar-refractivity contribution >= 4 is 21.7 Å². The van der Waals surface area contributed by atoms with Crippen LogP contribution in [0.5, 0.6) is 0 Å². The number of carbonyl (C=O) groups is 1. The molecule has 0 saturated carbocycles. The summed E-state index contributed by atoms with van der Waals surface area (Å²) in [6, 6.07) is 3.60. The van der Waals surface area contributed by atoms with Gasteiger partial charge in [-0.05, 0) is 32.2 Å². The molecule has 1 aromatic rings. The number of anilines is 1. The Kier molecular flexibility index (Phi) is 4.22. The van der Waals surface area contributed by atoms with Crippen LogP contribution in [-0.2, 0) is 10.0 Å². The van der Waals surface area contributed by atoms with E-state index in [4.69, 9.17) is 5.73 Å². The third-order valence-corrected chi connectivity index (χ3v) is 5.65. The summed E-state index contributed by atoms with van der Waals surface area (Å²) in [7, 11) is -1.97. The number of piperazine rings is 1. The van der Waals surface area contributed by atoms with E-state index in [1.165, 1.54) is 22.5 Å². The number of benzene rings is 1. The molecule has 21 heavy (non-hydrogen) atoms. The lowest BCUT2D eigenvalue weighted by molar-refractivity contribution is 0.0692. The summed E-state index contributed by atoms with van der Waals surface area (Å²) in [4.78, 5) is 13.1. The van der Waals surface area contributed by atoms with Crippen molar-refractivity contribution < 1.29 is 18.3 Å². The largest absolute Gasteiger partial charge is 0.478 e. The zero-order valence-electron chi connectivity index (χ0n) is 12.0. The van der Waals surface area contributed by atoms with E-state index in [1.54, 1.807) is 6.92 Å². The highest BCUT2D eigenvalue weighted by Crippen LogP contribution is 2.26. The van der Waals surface area contributed by atoms with Crippen molar-refractivity contribution in [1.82, 2.24) is 9.21 Å². The first-order valence-electron chi connectivity index (χ1n) is 6.56. The lowest BCUT2D eigenvalue weighted by Crippen LogP contribution is -2.52. The molecule has 0 bridgehead atoms. The summed E-state index contributed by atoms with van der Waals surface area (Å²) in [5.74, 6) is -1.28. The number of hydrogen-bond acceptors (Lipinski definition) is 5. The van der Waals surface area contributed by atoms with Crippen LogP contribution in [0.1, 0.15) is 17.3 Å². The van der Waals surface area contributed by atoms with Crippen LogP contribution in [0.4, 0.5) is 5.69 Å². The molecule has 8 heteroatoms. The fraction of sp³-hybridized carbons (Fsp3) is 0.462. The van der Waals surface area contributed by atoms with Crippen LogP contribution in [0.15, 0.2) is 23.1 Å². The normalized spacial score (nSPS) is 21.3. The highest BCUT2D eigenvalue weighted by atomic mass is 32.2. The Bertz CT molecular complexity index is 659. The Hall–Kier alpha value is -1.64. The Morgan fingerprint density at radius 3 is 2.62 bits per heavy atom. The van der Waals surface area contributed by atoms with E-state index in [1.807, 2.05) is 11.9 Å². The summed E-state index contributed by atoms with van der Waals surface area (Å²) in [6.45, 7) is 3.34. The fourth-order valence-corrected chi connectivity index (χ4v) is 4.37. The number of nitrogens with two attached hydrogens (primary N) is 1. The van der Waals surface area contributed by atoms with Crippen molar-refractivity contribution in [2.45, 2.75) is 17.9 Å². The molecular weight excluding hydrogens is 294 g/mol. The Morgan fingerprint density at radius 2 is 2.05 bits per heavy atom. The van der Waals surface area contributed by atoms with Crippen LogP contribution in [-0.4, -0.2) is 61.4 Å². The summed E-state index contributed by atoms with van der Waals surface area (Å²) in [5, 5.41) is 9.19. The molecule has 1 aliphatic heterocycles. The Balaban J connectivity index is 2.49. The average Bonchev–Trinajstić information content (AvgIpc) is 2.37. The second-order valence-electron chi connectivity index (χ2n) is 5.29. The van der Waals surface area contributed by atoms with Gasteiger partial charge in [-0.15, -0.1) is 0 Å². The van der Waals surface area contributed by atoms with Gasteiger partial charge in [0.1, 0.15) is 0 Å². The van der Waals surface area contributed by atoms with Gasteiger partial charge in [0, 0.05) is 31.4 Å². The number of sulfonamides is 1. The standard InChI is InChI=1S/C13H19N3O4S/c1-9-8-15(2)5-6-16(9)21(19,20)12-7-10(14)3-4-11(12)13(17)18/h3-4,7,9H,5-6,8,14H2,1-2H3,(H,17,18). The topological polar surface area (TPSA) is 104 Å². The minimum atomic E-state index is -3.89. The van der Waals surface area contributed by atoms with E-state index in [0.29, 0.717) is 19.6 Å². The third kappa shape index (κ3) is 3.02. The van der Waals surface area contributed by atoms with Crippen LogP contribution >= 0.6 is 0 Å². The van der Waals surface area contributed by atoms with Crippen molar-refractivity contribution in [2.24, 2.45) is 0 Å². The van der Waals surface area contributed by atoms with Gasteiger partial charge < -0.3 is 15.7 Å². The maximum absolute atomic E-state index is 12.8. The molecule has 0 aliphatic carbocycles. The minimum Gasteiger partial charge on any atom is -0.478 e. The lowest BCUT2D eigenvalue weighted by atomic mass is 10.2. The van der Waals surface area contributed by atoms with Crippen molar-refractivity contribution in [3.05, 3.63) is 23.8 Å². The Morgan fingerprint density at radius 1 is 1.38 bits per heavy atom. The molecule has 3 N–H and O–H groups in total. The molecule has 1 atom stereocenters. The van der Waals surface area contributed by atoms with E-state index in [-0.39, 0.29) is 22.2 Å². The maximum Gasteiger partial charge on any atom is 0.337 e. The molecule has 1 aliphatic rings. The smallest absolute Gasteiger partial charge is 0.337 e. The first-order valence-corrected chi connectivity index (χ1v) is 8.00. The second kappa shape index (κ2) is 5.63. The number of carboxylic acids is 1. The molecule has 1 heterocycles. The van der Waals surface area contributed by atoms with Crippen LogP contribution < -0.4 is 5.73 Å². The molecule has 0 radical (unpaired) electrons. The number of nitrogens with zero attached hydrogens (tertiary/aromatic N) is 2. The summed E-state index contributed by atoms with van der Waals surface area (Å²) in [6.07, 6.45) is 0. The van der Waals surface area contributed by atoms with Crippen molar-refractivity contribution in [3.8, 4) is 0 Å². The zero-order chi connectivity index (χ0) is 15.8. The summed E-state index contributed by atoms with van der Waals surface area (Å²) in [5.41, 5.74) is 5.59. The quantitative estimate of drug-likeness (QED) is 0.777. The molecule has 116 valence electrons. The monoisotopic (exact) mass is 313 g/mol. The van der Waals surface area contributed by atoms with Crippen LogP contribution in [0.3, 0.4) is 0 Å². The molecule has 7 nitrogen and oxygen atoms in total. The Labute approximate surface area is 124 Å². The van der Waals surface area contributed by atoms with Gasteiger partial charge in [0.2, 0.25) is 10.0 Å².